The summed E-state index contributed by atoms with van der Waals surface area (Å²) in [6, 6.07) is 3.41. The van der Waals surface area contributed by atoms with Crippen molar-refractivity contribution >= 4 is 28.9 Å². The van der Waals surface area contributed by atoms with Gasteiger partial charge in [0.05, 0.1) is 17.1 Å². The van der Waals surface area contributed by atoms with E-state index in [0.717, 1.165) is 11.3 Å². The third kappa shape index (κ3) is 1.02. The van der Waals surface area contributed by atoms with E-state index in [-0.39, 0.29) is 5.91 Å². The second-order valence-electron chi connectivity index (χ2n) is 2.76. The topological polar surface area (TPSA) is 55.1 Å². The SMILES string of the molecule is Nc1cc2c(cc1Cl)NC(=O)C2. The maximum atomic E-state index is 10.9. The number of nitrogens with one attached hydrogen (secondary N) is 1. The second kappa shape index (κ2) is 2.38. The Morgan fingerprint density at radius 3 is 3.00 bits per heavy atom. The first-order valence-corrected chi connectivity index (χ1v) is 3.92. The maximum absolute atomic E-state index is 10.9. The van der Waals surface area contributed by atoms with Gasteiger partial charge in [0.2, 0.25) is 5.91 Å². The Kier molecular flexibility index (Phi) is 1.48. The molecule has 1 aliphatic heterocycles. The zero-order valence-electron chi connectivity index (χ0n) is 6.23. The highest BCUT2D eigenvalue weighted by Crippen LogP contribution is 2.30. The normalized spacial score (nSPS) is 14.2. The van der Waals surface area contributed by atoms with Gasteiger partial charge in [0, 0.05) is 5.69 Å². The minimum atomic E-state index is -0.00772. The molecule has 0 atom stereocenters. The van der Waals surface area contributed by atoms with Crippen LogP contribution in [0.2, 0.25) is 5.02 Å². The summed E-state index contributed by atoms with van der Waals surface area (Å²) in [4.78, 5) is 10.9. The zero-order chi connectivity index (χ0) is 8.72. The monoisotopic (exact) mass is 182 g/mol. The van der Waals surface area contributed by atoms with Crippen LogP contribution in [0.5, 0.6) is 0 Å². The quantitative estimate of drug-likeness (QED) is 0.597. The smallest absolute Gasteiger partial charge is 0.228 e. The van der Waals surface area contributed by atoms with Gasteiger partial charge in [-0.05, 0) is 17.7 Å². The van der Waals surface area contributed by atoms with Gasteiger partial charge in [-0.25, -0.2) is 0 Å². The summed E-state index contributed by atoms with van der Waals surface area (Å²) in [6.07, 6.45) is 0.400. The van der Waals surface area contributed by atoms with E-state index < -0.39 is 0 Å². The Labute approximate surface area is 74.5 Å². The fourth-order valence-corrected chi connectivity index (χ4v) is 1.43. The van der Waals surface area contributed by atoms with Gasteiger partial charge < -0.3 is 11.1 Å². The molecule has 1 amide bonds. The van der Waals surface area contributed by atoms with Crippen molar-refractivity contribution in [3.05, 3.63) is 22.7 Å². The molecule has 4 heteroatoms. The molecule has 1 heterocycles. The maximum Gasteiger partial charge on any atom is 0.228 e. The largest absolute Gasteiger partial charge is 0.398 e. The molecule has 0 unspecified atom stereocenters. The third-order valence-electron chi connectivity index (χ3n) is 1.85. The van der Waals surface area contributed by atoms with Gasteiger partial charge >= 0.3 is 0 Å². The summed E-state index contributed by atoms with van der Waals surface area (Å²) in [6.45, 7) is 0. The summed E-state index contributed by atoms with van der Waals surface area (Å²) >= 11 is 5.76. The molecule has 1 aromatic carbocycles. The van der Waals surface area contributed by atoms with E-state index in [4.69, 9.17) is 17.3 Å². The molecule has 0 bridgehead atoms. The van der Waals surface area contributed by atoms with Crippen LogP contribution >= 0.6 is 11.6 Å². The highest BCUT2D eigenvalue weighted by molar-refractivity contribution is 6.33. The van der Waals surface area contributed by atoms with Gasteiger partial charge in [0.1, 0.15) is 0 Å². The van der Waals surface area contributed by atoms with Crippen molar-refractivity contribution in [2.75, 3.05) is 11.1 Å². The van der Waals surface area contributed by atoms with E-state index in [1.165, 1.54) is 0 Å². The molecular formula is C8H7ClN2O. The van der Waals surface area contributed by atoms with E-state index in [2.05, 4.69) is 5.32 Å². The van der Waals surface area contributed by atoms with Gasteiger partial charge in [-0.1, -0.05) is 11.6 Å². The molecule has 0 saturated carbocycles. The molecule has 2 rings (SSSR count). The molecule has 1 aromatic rings. The van der Waals surface area contributed by atoms with Gasteiger partial charge in [-0.3, -0.25) is 4.79 Å². The van der Waals surface area contributed by atoms with Crippen LogP contribution in [0.25, 0.3) is 0 Å². The summed E-state index contributed by atoms with van der Waals surface area (Å²) in [5.74, 6) is -0.00772. The molecule has 0 saturated heterocycles. The fourth-order valence-electron chi connectivity index (χ4n) is 1.27. The highest BCUT2D eigenvalue weighted by atomic mass is 35.5. The summed E-state index contributed by atoms with van der Waals surface area (Å²) in [7, 11) is 0. The number of benzene rings is 1. The van der Waals surface area contributed by atoms with Crippen LogP contribution in [0, 0.1) is 0 Å². The van der Waals surface area contributed by atoms with E-state index in [9.17, 15) is 4.79 Å². The average molecular weight is 183 g/mol. The van der Waals surface area contributed by atoms with E-state index in [1.54, 1.807) is 12.1 Å². The van der Waals surface area contributed by atoms with Crippen LogP contribution in [0.3, 0.4) is 0 Å². The number of halogens is 1. The number of hydrogen-bond donors (Lipinski definition) is 2. The third-order valence-corrected chi connectivity index (χ3v) is 2.17. The molecule has 0 aliphatic carbocycles. The summed E-state index contributed by atoms with van der Waals surface area (Å²) < 4.78 is 0. The van der Waals surface area contributed by atoms with Crippen molar-refractivity contribution in [3.8, 4) is 0 Å². The molecule has 12 heavy (non-hydrogen) atoms. The lowest BCUT2D eigenvalue weighted by Gasteiger charge is -2.01. The minimum Gasteiger partial charge on any atom is -0.398 e. The van der Waals surface area contributed by atoms with Crippen LogP contribution in [-0.4, -0.2) is 5.91 Å². The first-order valence-electron chi connectivity index (χ1n) is 3.54. The number of amides is 1. The van der Waals surface area contributed by atoms with E-state index >= 15 is 0 Å². The van der Waals surface area contributed by atoms with Crippen molar-refractivity contribution in [1.29, 1.82) is 0 Å². The van der Waals surface area contributed by atoms with Gasteiger partial charge in [-0.2, -0.15) is 0 Å². The molecule has 0 fully saturated rings. The lowest BCUT2D eigenvalue weighted by Crippen LogP contribution is -2.03. The van der Waals surface area contributed by atoms with Gasteiger partial charge in [0.15, 0.2) is 0 Å². The lowest BCUT2D eigenvalue weighted by atomic mass is 10.1. The van der Waals surface area contributed by atoms with Crippen molar-refractivity contribution in [3.63, 3.8) is 0 Å². The number of carbonyl (C=O) groups is 1. The second-order valence-corrected chi connectivity index (χ2v) is 3.16. The molecule has 3 N–H and O–H groups in total. The molecule has 62 valence electrons. The minimum absolute atomic E-state index is 0.00772. The van der Waals surface area contributed by atoms with Crippen LogP contribution in [-0.2, 0) is 11.2 Å². The standard InChI is InChI=1S/C8H7ClN2O/c9-5-3-7-4(1-6(5)10)2-8(12)11-7/h1,3H,2,10H2,(H,11,12). The number of nitrogens with two attached hydrogens (primary N) is 1. The van der Waals surface area contributed by atoms with Gasteiger partial charge in [-0.15, -0.1) is 0 Å². The number of rotatable bonds is 0. The Morgan fingerprint density at radius 2 is 2.25 bits per heavy atom. The van der Waals surface area contributed by atoms with Crippen LogP contribution < -0.4 is 11.1 Å². The van der Waals surface area contributed by atoms with E-state index in [1.807, 2.05) is 0 Å². The summed E-state index contributed by atoms with van der Waals surface area (Å²) in [5.41, 5.74) is 7.78. The van der Waals surface area contributed by atoms with E-state index in [0.29, 0.717) is 17.1 Å². The van der Waals surface area contributed by atoms with Crippen LogP contribution in [0.15, 0.2) is 12.1 Å². The first-order chi connectivity index (χ1) is 5.66. The molecule has 0 aromatic heterocycles. The number of anilines is 2. The van der Waals surface area contributed by atoms with Crippen molar-refractivity contribution < 1.29 is 4.79 Å². The Morgan fingerprint density at radius 1 is 1.50 bits per heavy atom. The number of nitrogen functional groups attached to an aromatic ring is 1. The summed E-state index contributed by atoms with van der Waals surface area (Å²) in [5, 5.41) is 3.17. The number of hydrogen-bond acceptors (Lipinski definition) is 2. The fraction of sp³-hybridized carbons (Fsp3) is 0.125. The first kappa shape index (κ1) is 7.43. The van der Waals surface area contributed by atoms with Crippen molar-refractivity contribution in [2.45, 2.75) is 6.42 Å². The number of fused-ring (bicyclic) bond motifs is 1. The molecular weight excluding hydrogens is 176 g/mol. The number of carbonyl (C=O) groups excluding carboxylic acids is 1. The molecule has 3 nitrogen and oxygen atoms in total. The van der Waals surface area contributed by atoms with Gasteiger partial charge in [0.25, 0.3) is 0 Å². The lowest BCUT2D eigenvalue weighted by molar-refractivity contribution is -0.115. The van der Waals surface area contributed by atoms with Crippen LogP contribution in [0.1, 0.15) is 5.56 Å². The van der Waals surface area contributed by atoms with Crippen LogP contribution in [0.4, 0.5) is 11.4 Å². The average Bonchev–Trinajstić information content (AvgIpc) is 2.30. The molecule has 0 spiro atoms. The Bertz CT molecular complexity index is 329. The Hall–Kier alpha value is -1.22. The molecule has 0 radical (unpaired) electrons. The zero-order valence-corrected chi connectivity index (χ0v) is 6.98. The Balaban J connectivity index is 2.55. The molecule has 1 aliphatic rings. The highest BCUT2D eigenvalue weighted by Gasteiger charge is 2.18. The predicted octanol–water partition coefficient (Wildman–Crippen LogP) is 1.42. The van der Waals surface area contributed by atoms with Crippen molar-refractivity contribution in [2.24, 2.45) is 0 Å². The predicted molar refractivity (Wildman–Crippen MR) is 48.2 cm³/mol. The van der Waals surface area contributed by atoms with Crippen molar-refractivity contribution in [1.82, 2.24) is 0 Å².